The van der Waals surface area contributed by atoms with E-state index in [1.165, 1.54) is 0 Å². The Morgan fingerprint density at radius 2 is 2.12 bits per heavy atom. The van der Waals surface area contributed by atoms with Crippen LogP contribution in [0.2, 0.25) is 5.02 Å². The fraction of sp³-hybridized carbons (Fsp3) is 0. The van der Waals surface area contributed by atoms with Gasteiger partial charge in [-0.25, -0.2) is 4.98 Å². The summed E-state index contributed by atoms with van der Waals surface area (Å²) in [6.45, 7) is 0. The molecule has 3 nitrogen and oxygen atoms in total. The Balaban J connectivity index is 2.66. The highest BCUT2D eigenvalue weighted by Crippen LogP contribution is 2.27. The molecule has 0 radical (unpaired) electrons. The zero-order valence-electron chi connectivity index (χ0n) is 8.31. The summed E-state index contributed by atoms with van der Waals surface area (Å²) >= 11 is 5.90. The molecule has 0 unspecified atom stereocenters. The highest BCUT2D eigenvalue weighted by Gasteiger charge is 2.08. The molecule has 0 saturated heterocycles. The number of anilines is 1. The van der Waals surface area contributed by atoms with Gasteiger partial charge < -0.3 is 5.73 Å². The Bertz CT molecular complexity index is 573. The molecule has 0 saturated carbocycles. The number of pyridine rings is 1. The molecule has 0 atom stereocenters. The van der Waals surface area contributed by atoms with Gasteiger partial charge in [-0.05, 0) is 23.8 Å². The van der Waals surface area contributed by atoms with Crippen LogP contribution in [0.5, 0.6) is 0 Å². The van der Waals surface area contributed by atoms with E-state index in [0.29, 0.717) is 10.6 Å². The molecule has 1 aromatic heterocycles. The van der Waals surface area contributed by atoms with E-state index >= 15 is 0 Å². The van der Waals surface area contributed by atoms with Gasteiger partial charge in [-0.2, -0.15) is 5.26 Å². The van der Waals surface area contributed by atoms with Crippen LogP contribution in [0, 0.1) is 11.3 Å². The maximum Gasteiger partial charge on any atom is 0.141 e. The molecule has 0 fully saturated rings. The highest BCUT2D eigenvalue weighted by molar-refractivity contribution is 6.30. The second-order valence-corrected chi connectivity index (χ2v) is 3.68. The zero-order chi connectivity index (χ0) is 11.5. The topological polar surface area (TPSA) is 62.7 Å². The summed E-state index contributed by atoms with van der Waals surface area (Å²) in [5, 5.41) is 9.65. The van der Waals surface area contributed by atoms with Crippen molar-refractivity contribution in [2.24, 2.45) is 0 Å². The molecular weight excluding hydrogens is 222 g/mol. The molecule has 78 valence electrons. The highest BCUT2D eigenvalue weighted by atomic mass is 35.5. The maximum absolute atomic E-state index is 9.03. The predicted molar refractivity (Wildman–Crippen MR) is 63.8 cm³/mol. The molecule has 2 N–H and O–H groups in total. The van der Waals surface area contributed by atoms with Crippen molar-refractivity contribution in [2.45, 2.75) is 0 Å². The largest absolute Gasteiger partial charge is 0.383 e. The monoisotopic (exact) mass is 229 g/mol. The molecule has 16 heavy (non-hydrogen) atoms. The van der Waals surface area contributed by atoms with Gasteiger partial charge in [-0.15, -0.1) is 0 Å². The van der Waals surface area contributed by atoms with Crippen LogP contribution < -0.4 is 5.73 Å². The fourth-order valence-electron chi connectivity index (χ4n) is 1.49. The van der Waals surface area contributed by atoms with Crippen LogP contribution in [0.25, 0.3) is 11.1 Å². The first-order valence-electron chi connectivity index (χ1n) is 4.63. The van der Waals surface area contributed by atoms with Crippen LogP contribution in [0.15, 0.2) is 36.5 Å². The summed E-state index contributed by atoms with van der Waals surface area (Å²) in [7, 11) is 0. The predicted octanol–water partition coefficient (Wildman–Crippen LogP) is 2.86. The molecule has 1 heterocycles. The van der Waals surface area contributed by atoms with Crippen LogP contribution in [-0.4, -0.2) is 4.98 Å². The molecule has 2 aromatic rings. The van der Waals surface area contributed by atoms with Crippen molar-refractivity contribution < 1.29 is 0 Å². The smallest absolute Gasteiger partial charge is 0.141 e. The van der Waals surface area contributed by atoms with Gasteiger partial charge in [0.25, 0.3) is 0 Å². The van der Waals surface area contributed by atoms with E-state index in [4.69, 9.17) is 22.6 Å². The summed E-state index contributed by atoms with van der Waals surface area (Å²) in [5.74, 6) is 0.236. The lowest BCUT2D eigenvalue weighted by atomic mass is 10.0. The molecule has 0 aliphatic rings. The first-order chi connectivity index (χ1) is 7.72. The first kappa shape index (κ1) is 10.5. The third-order valence-corrected chi connectivity index (χ3v) is 2.46. The number of benzene rings is 1. The second-order valence-electron chi connectivity index (χ2n) is 3.24. The van der Waals surface area contributed by atoms with Gasteiger partial charge in [0.1, 0.15) is 17.5 Å². The average molecular weight is 230 g/mol. The number of hydrogen-bond acceptors (Lipinski definition) is 3. The van der Waals surface area contributed by atoms with Crippen molar-refractivity contribution >= 4 is 17.4 Å². The van der Waals surface area contributed by atoms with Crippen molar-refractivity contribution in [1.29, 1.82) is 5.26 Å². The van der Waals surface area contributed by atoms with Crippen LogP contribution in [0.3, 0.4) is 0 Å². The van der Waals surface area contributed by atoms with Crippen molar-refractivity contribution in [3.05, 3.63) is 47.1 Å². The molecule has 0 aliphatic heterocycles. The van der Waals surface area contributed by atoms with Gasteiger partial charge in [-0.1, -0.05) is 23.7 Å². The normalized spacial score (nSPS) is 9.75. The summed E-state index contributed by atoms with van der Waals surface area (Å²) in [6.07, 6.45) is 1.58. The van der Waals surface area contributed by atoms with Crippen LogP contribution in [0.1, 0.15) is 5.56 Å². The lowest BCUT2D eigenvalue weighted by molar-refractivity contribution is 1.31. The van der Waals surface area contributed by atoms with E-state index < -0.39 is 0 Å². The van der Waals surface area contributed by atoms with E-state index in [2.05, 4.69) is 11.1 Å². The Labute approximate surface area is 98.1 Å². The number of halogens is 1. The Hall–Kier alpha value is -2.05. The minimum absolute atomic E-state index is 0.236. The summed E-state index contributed by atoms with van der Waals surface area (Å²) in [4.78, 5) is 3.88. The SMILES string of the molecule is N#Cc1c(-c2cccc(Cl)c2)ccnc1N. The molecule has 0 amide bonds. The number of nitrogen functional groups attached to an aromatic ring is 1. The quantitative estimate of drug-likeness (QED) is 0.818. The molecule has 0 bridgehead atoms. The first-order valence-corrected chi connectivity index (χ1v) is 5.00. The van der Waals surface area contributed by atoms with E-state index in [0.717, 1.165) is 11.1 Å². The van der Waals surface area contributed by atoms with E-state index in [-0.39, 0.29) is 5.82 Å². The third-order valence-electron chi connectivity index (χ3n) is 2.23. The van der Waals surface area contributed by atoms with Crippen molar-refractivity contribution in [1.82, 2.24) is 4.98 Å². The second kappa shape index (κ2) is 4.21. The number of rotatable bonds is 1. The van der Waals surface area contributed by atoms with Gasteiger partial charge in [-0.3, -0.25) is 0 Å². The lowest BCUT2D eigenvalue weighted by Gasteiger charge is -2.05. The molecule has 0 spiro atoms. The number of hydrogen-bond donors (Lipinski definition) is 1. The van der Waals surface area contributed by atoms with Crippen molar-refractivity contribution in [3.8, 4) is 17.2 Å². The zero-order valence-corrected chi connectivity index (χ0v) is 9.07. The van der Waals surface area contributed by atoms with Crippen LogP contribution >= 0.6 is 11.6 Å². The molecular formula is C12H8ClN3. The number of aromatic nitrogens is 1. The van der Waals surface area contributed by atoms with Crippen LogP contribution in [0.4, 0.5) is 5.82 Å². The van der Waals surface area contributed by atoms with Gasteiger partial charge in [0.2, 0.25) is 0 Å². The molecule has 0 aliphatic carbocycles. The molecule has 2 rings (SSSR count). The average Bonchev–Trinajstić information content (AvgIpc) is 2.28. The van der Waals surface area contributed by atoms with Gasteiger partial charge in [0, 0.05) is 16.8 Å². The standard InChI is InChI=1S/C12H8ClN3/c13-9-3-1-2-8(6-9)10-4-5-16-12(15)11(10)7-14/h1-6H,(H2,15,16). The van der Waals surface area contributed by atoms with Crippen molar-refractivity contribution in [3.63, 3.8) is 0 Å². The summed E-state index contributed by atoms with van der Waals surface area (Å²) in [6, 6.07) is 11.1. The van der Waals surface area contributed by atoms with E-state index in [1.54, 1.807) is 24.4 Å². The minimum atomic E-state index is 0.236. The Morgan fingerprint density at radius 3 is 2.81 bits per heavy atom. The molecule has 4 heteroatoms. The maximum atomic E-state index is 9.03. The van der Waals surface area contributed by atoms with Gasteiger partial charge >= 0.3 is 0 Å². The van der Waals surface area contributed by atoms with Gasteiger partial charge in [0.15, 0.2) is 0 Å². The summed E-state index contributed by atoms with van der Waals surface area (Å²) < 4.78 is 0. The number of nitriles is 1. The summed E-state index contributed by atoms with van der Waals surface area (Å²) in [5.41, 5.74) is 7.63. The van der Waals surface area contributed by atoms with E-state index in [9.17, 15) is 0 Å². The fourth-order valence-corrected chi connectivity index (χ4v) is 1.68. The number of nitrogens with two attached hydrogens (primary N) is 1. The van der Waals surface area contributed by atoms with Crippen molar-refractivity contribution in [2.75, 3.05) is 5.73 Å². The number of nitrogens with zero attached hydrogens (tertiary/aromatic N) is 2. The third kappa shape index (κ3) is 1.83. The minimum Gasteiger partial charge on any atom is -0.383 e. The Kier molecular flexibility index (Phi) is 2.76. The Morgan fingerprint density at radius 1 is 1.31 bits per heavy atom. The van der Waals surface area contributed by atoms with Gasteiger partial charge in [0.05, 0.1) is 0 Å². The van der Waals surface area contributed by atoms with Crippen LogP contribution in [-0.2, 0) is 0 Å². The molecule has 1 aromatic carbocycles. The lowest BCUT2D eigenvalue weighted by Crippen LogP contribution is -1.96. The van der Waals surface area contributed by atoms with E-state index in [1.807, 2.05) is 12.1 Å².